The summed E-state index contributed by atoms with van der Waals surface area (Å²) in [4.78, 5) is 21.3. The third kappa shape index (κ3) is 8.01. The molecule has 2 aromatic rings. The van der Waals surface area contributed by atoms with Crippen molar-refractivity contribution < 1.29 is 19.8 Å². The molecule has 0 radical (unpaired) electrons. The van der Waals surface area contributed by atoms with E-state index in [1.165, 1.54) is 12.1 Å². The van der Waals surface area contributed by atoms with Crippen LogP contribution in [0.3, 0.4) is 0 Å². The predicted molar refractivity (Wildman–Crippen MR) is 129 cm³/mol. The Balaban J connectivity index is 0.000000483. The summed E-state index contributed by atoms with van der Waals surface area (Å²) in [6.07, 6.45) is 0. The van der Waals surface area contributed by atoms with Gasteiger partial charge < -0.3 is 19.8 Å². The summed E-state index contributed by atoms with van der Waals surface area (Å²) < 4.78 is 5.02. The number of benzene rings is 2. The van der Waals surface area contributed by atoms with Crippen molar-refractivity contribution in [3.05, 3.63) is 59.0 Å². The number of hydrogen-bond acceptors (Lipinski definition) is 4. The largest absolute Gasteiger partial charge is 2.00 e. The van der Waals surface area contributed by atoms with Gasteiger partial charge in [-0.05, 0) is 140 Å². The Bertz CT molecular complexity index is 830. The Morgan fingerprint density at radius 2 is 0.815 bits per heavy atom. The van der Waals surface area contributed by atoms with E-state index in [0.717, 1.165) is 8.95 Å². The summed E-state index contributed by atoms with van der Waals surface area (Å²) in [5, 5.41) is 21.3. The van der Waals surface area contributed by atoms with E-state index in [4.69, 9.17) is 0 Å². The summed E-state index contributed by atoms with van der Waals surface area (Å²) in [6, 6.07) is 2.93. The minimum absolute atomic E-state index is 0. The molecule has 0 aromatic heterocycles. The van der Waals surface area contributed by atoms with Gasteiger partial charge in [0.25, 0.3) is 0 Å². The summed E-state index contributed by atoms with van der Waals surface area (Å²) >= 11 is 25.7. The fourth-order valence-electron chi connectivity index (χ4n) is 1.44. The molecular formula is C14H2BaBr8O4. The third-order valence-corrected chi connectivity index (χ3v) is 12.0. The van der Waals surface area contributed by atoms with Crippen LogP contribution in [0.15, 0.2) is 47.9 Å². The van der Waals surface area contributed by atoms with Crippen LogP contribution in [0.5, 0.6) is 0 Å². The zero-order valence-corrected chi connectivity index (χ0v) is 29.6. The molecule has 0 aliphatic carbocycles. The zero-order chi connectivity index (χ0) is 20.3. The Hall–Kier alpha value is 2.79. The van der Waals surface area contributed by atoms with Gasteiger partial charge in [0.05, 0.1) is 11.9 Å². The van der Waals surface area contributed by atoms with Gasteiger partial charge in [0.2, 0.25) is 0 Å². The van der Waals surface area contributed by atoms with Crippen molar-refractivity contribution in [1.82, 2.24) is 0 Å². The summed E-state index contributed by atoms with van der Waals surface area (Å²) in [6.45, 7) is 0. The van der Waals surface area contributed by atoms with Crippen molar-refractivity contribution in [1.29, 1.82) is 0 Å². The first-order chi connectivity index (χ1) is 11.9. The molecule has 2 aromatic carbocycles. The fraction of sp³-hybridized carbons (Fsp3) is 0. The molecule has 0 atom stereocenters. The number of halogens is 8. The molecule has 4 nitrogen and oxygen atoms in total. The van der Waals surface area contributed by atoms with Crippen LogP contribution < -0.4 is 10.2 Å². The van der Waals surface area contributed by atoms with E-state index >= 15 is 0 Å². The van der Waals surface area contributed by atoms with Crippen molar-refractivity contribution in [2.24, 2.45) is 0 Å². The molecule has 0 saturated carbocycles. The van der Waals surface area contributed by atoms with Gasteiger partial charge in [-0.25, -0.2) is 0 Å². The second-order valence-electron chi connectivity index (χ2n) is 4.27. The number of carbonyl (C=O) groups is 2. The molecule has 0 saturated heterocycles. The number of hydrogen-bond donors (Lipinski definition) is 0. The average molecular weight is 1010 g/mol. The fourth-order valence-corrected chi connectivity index (χ4v) is 5.79. The van der Waals surface area contributed by atoms with E-state index in [-0.39, 0.29) is 60.0 Å². The van der Waals surface area contributed by atoms with E-state index in [0.29, 0.717) is 26.8 Å². The second-order valence-corrected chi connectivity index (χ2v) is 10.7. The third-order valence-electron chi connectivity index (χ3n) is 2.65. The second kappa shape index (κ2) is 13.4. The van der Waals surface area contributed by atoms with Crippen molar-refractivity contribution in [2.45, 2.75) is 0 Å². The number of rotatable bonds is 2. The van der Waals surface area contributed by atoms with Crippen LogP contribution in [0, 0.1) is 0 Å². The number of carboxylic acids is 2. The Labute approximate surface area is 262 Å². The normalized spacial score (nSPS) is 9.78. The first kappa shape index (κ1) is 29.8. The zero-order valence-electron chi connectivity index (χ0n) is 12.5. The van der Waals surface area contributed by atoms with E-state index in [1.54, 1.807) is 0 Å². The minimum atomic E-state index is -1.22. The van der Waals surface area contributed by atoms with Gasteiger partial charge in [0.1, 0.15) is 0 Å². The van der Waals surface area contributed by atoms with Crippen LogP contribution in [0.2, 0.25) is 0 Å². The molecule has 0 spiro atoms. The van der Waals surface area contributed by atoms with Gasteiger partial charge in [0, 0.05) is 46.9 Å². The first-order valence-electron chi connectivity index (χ1n) is 5.98. The SMILES string of the molecule is O=C([O-])c1cc(Br)c(Br)c(Br)c1Br.O=C([O-])c1cc(Br)c(Br)c(Br)c1Br.[Ba+2]. The summed E-state index contributed by atoms with van der Waals surface area (Å²) in [5.41, 5.74) is 0.198. The van der Waals surface area contributed by atoms with Crippen LogP contribution in [0.4, 0.5) is 0 Å². The van der Waals surface area contributed by atoms with E-state index in [9.17, 15) is 19.8 Å². The van der Waals surface area contributed by atoms with E-state index < -0.39 is 11.9 Å². The minimum Gasteiger partial charge on any atom is -0.545 e. The monoisotopic (exact) mass is 1000 g/mol. The molecule has 27 heavy (non-hydrogen) atoms. The Morgan fingerprint density at radius 3 is 1.04 bits per heavy atom. The smallest absolute Gasteiger partial charge is 0.545 e. The molecule has 140 valence electrons. The van der Waals surface area contributed by atoms with Crippen molar-refractivity contribution in [2.75, 3.05) is 0 Å². The predicted octanol–water partition coefficient (Wildman–Crippen LogP) is 5.82. The summed E-state index contributed by atoms with van der Waals surface area (Å²) in [5.74, 6) is -2.44. The van der Waals surface area contributed by atoms with Gasteiger partial charge in [-0.3, -0.25) is 0 Å². The van der Waals surface area contributed by atoms with Gasteiger partial charge >= 0.3 is 48.9 Å². The van der Waals surface area contributed by atoms with E-state index in [2.05, 4.69) is 127 Å². The molecule has 0 aliphatic heterocycles. The van der Waals surface area contributed by atoms with Gasteiger partial charge in [0.15, 0.2) is 0 Å². The van der Waals surface area contributed by atoms with Crippen LogP contribution in [-0.4, -0.2) is 60.8 Å². The van der Waals surface area contributed by atoms with Gasteiger partial charge in [-0.1, -0.05) is 0 Å². The van der Waals surface area contributed by atoms with Crippen molar-refractivity contribution >= 4 is 188 Å². The Kier molecular flexibility index (Phi) is 14.7. The topological polar surface area (TPSA) is 80.3 Å². The Morgan fingerprint density at radius 1 is 0.556 bits per heavy atom. The molecule has 0 N–H and O–H groups in total. The van der Waals surface area contributed by atoms with Crippen LogP contribution in [0.25, 0.3) is 0 Å². The summed E-state index contributed by atoms with van der Waals surface area (Å²) in [7, 11) is 0. The molecule has 0 aliphatic rings. The van der Waals surface area contributed by atoms with Crippen LogP contribution >= 0.6 is 127 Å². The number of carbonyl (C=O) groups excluding carboxylic acids is 2. The quantitative estimate of drug-likeness (QED) is 0.216. The molecule has 13 heteroatoms. The van der Waals surface area contributed by atoms with E-state index in [1.807, 2.05) is 0 Å². The van der Waals surface area contributed by atoms with Gasteiger partial charge in [-0.15, -0.1) is 0 Å². The van der Waals surface area contributed by atoms with Crippen molar-refractivity contribution in [3.63, 3.8) is 0 Å². The van der Waals surface area contributed by atoms with Crippen LogP contribution in [-0.2, 0) is 0 Å². The molecule has 0 bridgehead atoms. The first-order valence-corrected chi connectivity index (χ1v) is 12.3. The molecular weight excluding hydrogens is 1010 g/mol. The average Bonchev–Trinajstić information content (AvgIpc) is 2.57. The van der Waals surface area contributed by atoms with Crippen molar-refractivity contribution in [3.8, 4) is 0 Å². The maximum absolute atomic E-state index is 10.6. The number of carboxylic acid groups (broad SMARTS) is 2. The van der Waals surface area contributed by atoms with Gasteiger partial charge in [-0.2, -0.15) is 0 Å². The molecule has 0 amide bonds. The number of aromatic carboxylic acids is 2. The maximum Gasteiger partial charge on any atom is 2.00 e. The molecule has 0 fully saturated rings. The van der Waals surface area contributed by atoms with Crippen LogP contribution in [0.1, 0.15) is 20.7 Å². The maximum atomic E-state index is 10.6. The molecule has 0 unspecified atom stereocenters. The molecule has 0 heterocycles. The molecule has 2 rings (SSSR count). The standard InChI is InChI=1S/2C7H2Br4O2.Ba/c2*8-3-1-2(7(12)13)4(9)6(11)5(3)10;/h2*1H,(H,12,13);/q;;+2/p-2.